The van der Waals surface area contributed by atoms with Crippen molar-refractivity contribution in [1.29, 1.82) is 0 Å². The molecule has 0 N–H and O–H groups in total. The molecule has 0 spiro atoms. The standard InChI is InChI=1S/C31H26F2O4/c32-31(33)27-26(35-29(31)37-28(36-27)22-13-5-1-6-14-22)21-34-30(23-15-7-2-8-16-23,24-17-9-3-10-18-24)25-19-11-4-12-20-25/h1-20,26-29H,21H2/t26-,27?,28?,29?/m1/s1. The van der Waals surface area contributed by atoms with Crippen molar-refractivity contribution < 1.29 is 27.7 Å². The molecule has 0 aliphatic carbocycles. The van der Waals surface area contributed by atoms with E-state index in [0.29, 0.717) is 5.56 Å². The van der Waals surface area contributed by atoms with Crippen LogP contribution in [0.2, 0.25) is 0 Å². The van der Waals surface area contributed by atoms with Gasteiger partial charge in [0.25, 0.3) is 0 Å². The zero-order valence-corrected chi connectivity index (χ0v) is 20.0. The molecule has 0 aromatic heterocycles. The lowest BCUT2D eigenvalue weighted by atomic mass is 9.80. The number of ether oxygens (including phenoxy) is 4. The molecule has 0 radical (unpaired) electrons. The maximum absolute atomic E-state index is 15.2. The largest absolute Gasteiger partial charge is 0.358 e. The summed E-state index contributed by atoms with van der Waals surface area (Å²) in [5.74, 6) is -3.31. The van der Waals surface area contributed by atoms with Crippen molar-refractivity contribution in [2.24, 2.45) is 0 Å². The number of fused-ring (bicyclic) bond motifs is 2. The Balaban J connectivity index is 1.36. The molecule has 2 aliphatic rings. The fourth-order valence-corrected chi connectivity index (χ4v) is 5.15. The van der Waals surface area contributed by atoms with Gasteiger partial charge in [-0.1, -0.05) is 121 Å². The first kappa shape index (κ1) is 23.9. The van der Waals surface area contributed by atoms with Gasteiger partial charge < -0.3 is 18.9 Å². The van der Waals surface area contributed by atoms with Crippen LogP contribution in [0.25, 0.3) is 0 Å². The Morgan fingerprint density at radius 3 is 1.57 bits per heavy atom. The summed E-state index contributed by atoms with van der Waals surface area (Å²) < 4.78 is 54.1. The molecule has 2 saturated heterocycles. The summed E-state index contributed by atoms with van der Waals surface area (Å²) in [7, 11) is 0. The summed E-state index contributed by atoms with van der Waals surface area (Å²) in [6.45, 7) is -0.139. The summed E-state index contributed by atoms with van der Waals surface area (Å²) in [6.07, 6.45) is -5.21. The minimum Gasteiger partial charge on any atom is -0.358 e. The predicted molar refractivity (Wildman–Crippen MR) is 134 cm³/mol. The second kappa shape index (κ2) is 9.80. The second-order valence-electron chi connectivity index (χ2n) is 9.21. The molecule has 6 heteroatoms. The molecule has 2 bridgehead atoms. The highest BCUT2D eigenvalue weighted by Crippen LogP contribution is 2.48. The number of benzene rings is 4. The molecule has 3 unspecified atom stereocenters. The highest BCUT2D eigenvalue weighted by molar-refractivity contribution is 5.47. The van der Waals surface area contributed by atoms with E-state index in [2.05, 4.69) is 0 Å². The van der Waals surface area contributed by atoms with Crippen LogP contribution in [-0.4, -0.2) is 31.0 Å². The molecule has 188 valence electrons. The zero-order valence-electron chi connectivity index (χ0n) is 20.0. The highest BCUT2D eigenvalue weighted by Gasteiger charge is 2.65. The van der Waals surface area contributed by atoms with E-state index < -0.39 is 36.3 Å². The molecule has 2 heterocycles. The van der Waals surface area contributed by atoms with Gasteiger partial charge in [0.15, 0.2) is 12.4 Å². The van der Waals surface area contributed by atoms with Crippen LogP contribution in [0, 0.1) is 0 Å². The molecule has 37 heavy (non-hydrogen) atoms. The van der Waals surface area contributed by atoms with Crippen molar-refractivity contribution in [3.63, 3.8) is 0 Å². The Bertz CT molecular complexity index is 1210. The Hall–Kier alpha value is -3.42. The number of rotatable bonds is 7. The van der Waals surface area contributed by atoms with Crippen molar-refractivity contribution >= 4 is 0 Å². The van der Waals surface area contributed by atoms with E-state index in [1.807, 2.05) is 109 Å². The molecule has 4 nitrogen and oxygen atoms in total. The first-order valence-corrected chi connectivity index (χ1v) is 12.3. The number of hydrogen-bond acceptors (Lipinski definition) is 4. The lowest BCUT2D eigenvalue weighted by molar-refractivity contribution is -0.344. The van der Waals surface area contributed by atoms with Gasteiger partial charge in [-0.3, -0.25) is 0 Å². The van der Waals surface area contributed by atoms with Crippen molar-refractivity contribution in [3.8, 4) is 0 Å². The molecule has 6 rings (SSSR count). The summed E-state index contributed by atoms with van der Waals surface area (Å²) in [4.78, 5) is 0. The van der Waals surface area contributed by atoms with E-state index in [9.17, 15) is 0 Å². The van der Waals surface area contributed by atoms with Crippen LogP contribution < -0.4 is 0 Å². The third-order valence-electron chi connectivity index (χ3n) is 6.92. The van der Waals surface area contributed by atoms with Crippen LogP contribution in [-0.2, 0) is 24.5 Å². The Labute approximate surface area is 214 Å². The van der Waals surface area contributed by atoms with Gasteiger partial charge in [0.1, 0.15) is 11.7 Å². The Morgan fingerprint density at radius 2 is 1.08 bits per heavy atom. The van der Waals surface area contributed by atoms with Crippen LogP contribution in [0.5, 0.6) is 0 Å². The number of halogens is 2. The fourth-order valence-electron chi connectivity index (χ4n) is 5.15. The van der Waals surface area contributed by atoms with E-state index in [1.54, 1.807) is 12.1 Å². The van der Waals surface area contributed by atoms with Crippen molar-refractivity contribution in [1.82, 2.24) is 0 Å². The van der Waals surface area contributed by atoms with Gasteiger partial charge in [-0.2, -0.15) is 8.78 Å². The Morgan fingerprint density at radius 1 is 0.622 bits per heavy atom. The maximum Gasteiger partial charge on any atom is 0.326 e. The lowest BCUT2D eigenvalue weighted by Crippen LogP contribution is -2.49. The molecule has 2 fully saturated rings. The minimum atomic E-state index is -3.31. The topological polar surface area (TPSA) is 36.9 Å². The smallest absolute Gasteiger partial charge is 0.326 e. The van der Waals surface area contributed by atoms with E-state index in [1.165, 1.54) is 0 Å². The van der Waals surface area contributed by atoms with Crippen LogP contribution in [0.1, 0.15) is 28.5 Å². The van der Waals surface area contributed by atoms with Crippen molar-refractivity contribution in [2.45, 2.75) is 36.3 Å². The van der Waals surface area contributed by atoms with Gasteiger partial charge in [-0.05, 0) is 16.7 Å². The fraction of sp³-hybridized carbons (Fsp3) is 0.226. The normalized spacial score (nSPS) is 24.6. The third kappa shape index (κ3) is 4.26. The van der Waals surface area contributed by atoms with E-state index in [0.717, 1.165) is 16.7 Å². The van der Waals surface area contributed by atoms with E-state index in [-0.39, 0.29) is 6.61 Å². The number of alkyl halides is 2. The molecule has 0 amide bonds. The van der Waals surface area contributed by atoms with Gasteiger partial charge in [-0.25, -0.2) is 0 Å². The second-order valence-corrected chi connectivity index (χ2v) is 9.21. The SMILES string of the molecule is FC1(F)C2OC(c3ccccc3)OC1[C@@H](COC(c1ccccc1)(c1ccccc1)c1ccccc1)O2. The molecule has 4 atom stereocenters. The number of hydrogen-bond donors (Lipinski definition) is 0. The van der Waals surface area contributed by atoms with Crippen LogP contribution in [0.4, 0.5) is 8.78 Å². The van der Waals surface area contributed by atoms with Crippen LogP contribution >= 0.6 is 0 Å². The monoisotopic (exact) mass is 500 g/mol. The molecular formula is C31H26F2O4. The van der Waals surface area contributed by atoms with Gasteiger partial charge >= 0.3 is 5.92 Å². The maximum atomic E-state index is 15.2. The molecule has 0 saturated carbocycles. The van der Waals surface area contributed by atoms with Crippen LogP contribution in [0.15, 0.2) is 121 Å². The third-order valence-corrected chi connectivity index (χ3v) is 6.92. The molecular weight excluding hydrogens is 474 g/mol. The zero-order chi connectivity index (χ0) is 25.3. The van der Waals surface area contributed by atoms with Crippen molar-refractivity contribution in [3.05, 3.63) is 144 Å². The Kier molecular flexibility index (Phi) is 6.34. The van der Waals surface area contributed by atoms with Gasteiger partial charge in [0, 0.05) is 5.56 Å². The summed E-state index contributed by atoms with van der Waals surface area (Å²) in [5, 5.41) is 0. The molecule has 4 aromatic rings. The summed E-state index contributed by atoms with van der Waals surface area (Å²) in [5.41, 5.74) is 2.22. The minimum absolute atomic E-state index is 0.139. The van der Waals surface area contributed by atoms with Crippen molar-refractivity contribution in [2.75, 3.05) is 6.61 Å². The average molecular weight is 501 g/mol. The molecule has 4 aromatic carbocycles. The first-order valence-electron chi connectivity index (χ1n) is 12.3. The highest BCUT2D eigenvalue weighted by atomic mass is 19.3. The van der Waals surface area contributed by atoms with E-state index in [4.69, 9.17) is 18.9 Å². The summed E-state index contributed by atoms with van der Waals surface area (Å²) >= 11 is 0. The summed E-state index contributed by atoms with van der Waals surface area (Å²) in [6, 6.07) is 38.3. The van der Waals surface area contributed by atoms with Gasteiger partial charge in [0.2, 0.25) is 6.29 Å². The quantitative estimate of drug-likeness (QED) is 0.273. The lowest BCUT2D eigenvalue weighted by Gasteiger charge is -2.37. The van der Waals surface area contributed by atoms with Gasteiger partial charge in [-0.15, -0.1) is 0 Å². The predicted octanol–water partition coefficient (Wildman–Crippen LogP) is 6.47. The first-order chi connectivity index (χ1) is 18.1. The van der Waals surface area contributed by atoms with E-state index >= 15 is 8.78 Å². The average Bonchev–Trinajstić information content (AvgIpc) is 3.08. The van der Waals surface area contributed by atoms with Gasteiger partial charge in [0.05, 0.1) is 6.61 Å². The molecule has 2 aliphatic heterocycles. The van der Waals surface area contributed by atoms with Crippen LogP contribution in [0.3, 0.4) is 0 Å².